The van der Waals surface area contributed by atoms with Gasteiger partial charge in [-0.05, 0) is 136 Å². The zero-order valence-electron chi connectivity index (χ0n) is 36.4. The molecular weight excluding hydrogens is 827 g/mol. The Morgan fingerprint density at radius 2 is 0.806 bits per heavy atom. The summed E-state index contributed by atoms with van der Waals surface area (Å²) in [4.78, 5) is 2.58. The predicted molar refractivity (Wildman–Crippen MR) is 286 cm³/mol. The number of thiophene rings is 1. The molecule has 15 rings (SSSR count). The van der Waals surface area contributed by atoms with Gasteiger partial charge in [-0.15, -0.1) is 11.3 Å². The van der Waals surface area contributed by atoms with Crippen LogP contribution in [0.15, 0.2) is 237 Å². The molecule has 1 nitrogen and oxygen atoms in total. The Morgan fingerprint density at radius 3 is 1.49 bits per heavy atom. The van der Waals surface area contributed by atoms with Crippen molar-refractivity contribution >= 4 is 91.7 Å². The smallest absolute Gasteiger partial charge is 0.0726 e. The fraction of sp³-hybridized carbons (Fsp3) is 0.0154. The van der Waals surface area contributed by atoms with E-state index < -0.39 is 5.41 Å². The standard InChI is InChI=1S/C65H39NS/c1-2-18-43-40(16-1)17-15-30-61(43)66(42-33-34-48-46-21-4-3-19-44(46)45-20-5-6-22-47(45)54(48)37-42)62-39-60-55(38-53(62)41-32-35-64-56(36-41)52-26-10-14-31-63(52)67-64)51-25-9-13-29-59(51)65(60)57-27-11-7-23-49(57)50-24-8-12-28-58(50)65/h1-39H. The van der Waals surface area contributed by atoms with E-state index in [9.17, 15) is 0 Å². The number of rotatable bonds is 4. The molecule has 2 aliphatic carbocycles. The lowest BCUT2D eigenvalue weighted by Crippen LogP contribution is -2.26. The minimum atomic E-state index is -0.511. The summed E-state index contributed by atoms with van der Waals surface area (Å²) in [5.41, 5.74) is 15.8. The molecule has 2 heteroatoms. The summed E-state index contributed by atoms with van der Waals surface area (Å²) in [5, 5.41) is 12.6. The second-order valence-electron chi connectivity index (χ2n) is 18.3. The molecule has 0 fully saturated rings. The highest BCUT2D eigenvalue weighted by Gasteiger charge is 2.52. The maximum atomic E-state index is 2.59. The molecule has 12 aromatic carbocycles. The molecule has 0 saturated heterocycles. The molecule has 67 heavy (non-hydrogen) atoms. The van der Waals surface area contributed by atoms with E-state index in [1.54, 1.807) is 0 Å². The summed E-state index contributed by atoms with van der Waals surface area (Å²) in [7, 11) is 0. The molecule has 0 amide bonds. The molecule has 0 aliphatic heterocycles. The van der Waals surface area contributed by atoms with Crippen LogP contribution in [0.3, 0.4) is 0 Å². The van der Waals surface area contributed by atoms with Crippen molar-refractivity contribution in [3.63, 3.8) is 0 Å². The van der Waals surface area contributed by atoms with Gasteiger partial charge in [-0.25, -0.2) is 0 Å². The Bertz CT molecular complexity index is 4160. The first-order valence-electron chi connectivity index (χ1n) is 23.2. The van der Waals surface area contributed by atoms with E-state index in [-0.39, 0.29) is 0 Å². The minimum absolute atomic E-state index is 0.511. The number of anilines is 3. The summed E-state index contributed by atoms with van der Waals surface area (Å²) in [6.45, 7) is 0. The van der Waals surface area contributed by atoms with Gasteiger partial charge in [0.1, 0.15) is 0 Å². The fourth-order valence-electron chi connectivity index (χ4n) is 12.3. The summed E-state index contributed by atoms with van der Waals surface area (Å²) in [5.74, 6) is 0. The third kappa shape index (κ3) is 5.03. The normalized spacial score (nSPS) is 13.2. The van der Waals surface area contributed by atoms with E-state index >= 15 is 0 Å². The highest BCUT2D eigenvalue weighted by Crippen LogP contribution is 2.64. The molecule has 0 saturated carbocycles. The van der Waals surface area contributed by atoms with E-state index in [0.717, 1.165) is 17.1 Å². The van der Waals surface area contributed by atoms with Crippen molar-refractivity contribution in [2.45, 2.75) is 5.41 Å². The van der Waals surface area contributed by atoms with Gasteiger partial charge in [-0.2, -0.15) is 0 Å². The van der Waals surface area contributed by atoms with E-state index in [2.05, 4.69) is 241 Å². The first-order valence-corrected chi connectivity index (χ1v) is 24.1. The van der Waals surface area contributed by atoms with Crippen molar-refractivity contribution in [2.24, 2.45) is 0 Å². The van der Waals surface area contributed by atoms with Crippen LogP contribution in [0.25, 0.3) is 96.6 Å². The summed E-state index contributed by atoms with van der Waals surface area (Å²) >= 11 is 1.87. The number of nitrogens with zero attached hydrogens (tertiary/aromatic N) is 1. The first-order chi connectivity index (χ1) is 33.2. The third-order valence-corrected chi connectivity index (χ3v) is 16.2. The van der Waals surface area contributed by atoms with Crippen molar-refractivity contribution in [1.82, 2.24) is 0 Å². The van der Waals surface area contributed by atoms with Crippen LogP contribution in [-0.4, -0.2) is 0 Å². The average molecular weight is 866 g/mol. The lowest BCUT2D eigenvalue weighted by molar-refractivity contribution is 0.794. The fourth-order valence-corrected chi connectivity index (χ4v) is 13.4. The van der Waals surface area contributed by atoms with Gasteiger partial charge in [-0.1, -0.05) is 188 Å². The van der Waals surface area contributed by atoms with Crippen LogP contribution in [0.1, 0.15) is 22.3 Å². The van der Waals surface area contributed by atoms with Crippen LogP contribution in [0, 0.1) is 0 Å². The summed E-state index contributed by atoms with van der Waals surface area (Å²) < 4.78 is 2.61. The molecule has 1 spiro atoms. The Labute approximate surface area is 392 Å². The molecule has 310 valence electrons. The molecule has 13 aromatic rings. The van der Waals surface area contributed by atoms with Gasteiger partial charge in [0, 0.05) is 36.8 Å². The van der Waals surface area contributed by atoms with Gasteiger partial charge >= 0.3 is 0 Å². The molecular formula is C65H39NS. The Morgan fingerprint density at radius 1 is 0.284 bits per heavy atom. The van der Waals surface area contributed by atoms with Crippen LogP contribution < -0.4 is 4.90 Å². The van der Waals surface area contributed by atoms with Crippen molar-refractivity contribution < 1.29 is 0 Å². The van der Waals surface area contributed by atoms with Gasteiger partial charge in [-0.3, -0.25) is 0 Å². The number of hydrogen-bond acceptors (Lipinski definition) is 2. The summed E-state index contributed by atoms with van der Waals surface area (Å²) in [6, 6.07) is 89.3. The molecule has 1 aromatic heterocycles. The molecule has 0 atom stereocenters. The zero-order valence-corrected chi connectivity index (χ0v) is 37.2. The van der Waals surface area contributed by atoms with Gasteiger partial charge in [0.25, 0.3) is 0 Å². The molecule has 2 aliphatic rings. The molecule has 0 N–H and O–H groups in total. The van der Waals surface area contributed by atoms with Crippen LogP contribution in [0.4, 0.5) is 17.1 Å². The second kappa shape index (κ2) is 13.9. The Kier molecular flexibility index (Phi) is 7.65. The van der Waals surface area contributed by atoms with Crippen molar-refractivity contribution in [1.29, 1.82) is 0 Å². The number of fused-ring (bicyclic) bond motifs is 20. The van der Waals surface area contributed by atoms with Gasteiger partial charge in [0.2, 0.25) is 0 Å². The van der Waals surface area contributed by atoms with Gasteiger partial charge in [0.05, 0.1) is 16.8 Å². The highest BCUT2D eigenvalue weighted by atomic mass is 32.1. The van der Waals surface area contributed by atoms with Gasteiger partial charge in [0.15, 0.2) is 0 Å². The van der Waals surface area contributed by atoms with Crippen LogP contribution in [0.5, 0.6) is 0 Å². The van der Waals surface area contributed by atoms with Crippen molar-refractivity contribution in [3.8, 4) is 33.4 Å². The molecule has 0 unspecified atom stereocenters. The zero-order chi connectivity index (χ0) is 43.8. The van der Waals surface area contributed by atoms with E-state index in [1.807, 2.05) is 11.3 Å². The van der Waals surface area contributed by atoms with Crippen LogP contribution in [-0.2, 0) is 5.41 Å². The number of hydrogen-bond donors (Lipinski definition) is 0. The van der Waals surface area contributed by atoms with Crippen LogP contribution >= 0.6 is 11.3 Å². The third-order valence-electron chi connectivity index (χ3n) is 15.0. The lowest BCUT2D eigenvalue weighted by atomic mass is 9.70. The largest absolute Gasteiger partial charge is 0.309 e. The maximum absolute atomic E-state index is 2.59. The van der Waals surface area contributed by atoms with Crippen LogP contribution in [0.2, 0.25) is 0 Å². The number of benzene rings is 12. The Balaban J connectivity index is 1.11. The van der Waals surface area contributed by atoms with Crippen molar-refractivity contribution in [3.05, 3.63) is 259 Å². The molecule has 0 bridgehead atoms. The quantitative estimate of drug-likeness (QED) is 0.159. The highest BCUT2D eigenvalue weighted by molar-refractivity contribution is 7.25. The van der Waals surface area contributed by atoms with E-state index in [4.69, 9.17) is 0 Å². The first kappa shape index (κ1) is 37.0. The maximum Gasteiger partial charge on any atom is 0.0726 e. The Hall–Kier alpha value is -8.30. The predicted octanol–water partition coefficient (Wildman–Crippen LogP) is 18.1. The molecule has 1 heterocycles. The monoisotopic (exact) mass is 865 g/mol. The topological polar surface area (TPSA) is 3.24 Å². The lowest BCUT2D eigenvalue weighted by Gasteiger charge is -2.34. The van der Waals surface area contributed by atoms with E-state index in [0.29, 0.717) is 0 Å². The second-order valence-corrected chi connectivity index (χ2v) is 19.3. The van der Waals surface area contributed by atoms with E-state index in [1.165, 1.54) is 119 Å². The van der Waals surface area contributed by atoms with Crippen molar-refractivity contribution in [2.75, 3.05) is 4.90 Å². The minimum Gasteiger partial charge on any atom is -0.309 e. The summed E-state index contributed by atoms with van der Waals surface area (Å²) in [6.07, 6.45) is 0. The average Bonchev–Trinajstić information content (AvgIpc) is 4.02. The molecule has 0 radical (unpaired) electrons. The van der Waals surface area contributed by atoms with Gasteiger partial charge < -0.3 is 4.90 Å². The SMILES string of the molecule is c1ccc2c(c1)-c1ccccc1C21c2ccccc2-c2cc(-c3ccc4sc5ccccc5c4c3)c(N(c3ccc4c5ccccc5c5ccccc5c4c3)c3cccc4ccccc34)cc21.